The highest BCUT2D eigenvalue weighted by molar-refractivity contribution is 7.19. The van der Waals surface area contributed by atoms with Crippen molar-refractivity contribution in [1.82, 2.24) is 4.98 Å². The maximum Gasteiger partial charge on any atom is 0.266 e. The summed E-state index contributed by atoms with van der Waals surface area (Å²) in [6, 6.07) is 12.6. The van der Waals surface area contributed by atoms with E-state index in [1.807, 2.05) is 19.9 Å². The minimum absolute atomic E-state index is 0. The molecule has 4 nitrogen and oxygen atoms in total. The zero-order valence-electron chi connectivity index (χ0n) is 17.0. The van der Waals surface area contributed by atoms with Crippen LogP contribution >= 0.6 is 23.7 Å². The van der Waals surface area contributed by atoms with Gasteiger partial charge in [-0.05, 0) is 55.1 Å². The molecular weight excluding hydrogens is 404 g/mol. The molecule has 0 aliphatic carbocycles. The Morgan fingerprint density at radius 3 is 2.48 bits per heavy atom. The van der Waals surface area contributed by atoms with Crippen LogP contribution in [0.2, 0.25) is 0 Å². The number of aromatic amines is 1. The van der Waals surface area contributed by atoms with Gasteiger partial charge in [-0.2, -0.15) is 0 Å². The summed E-state index contributed by atoms with van der Waals surface area (Å²) in [5, 5.41) is 2.02. The van der Waals surface area contributed by atoms with E-state index in [9.17, 15) is 4.79 Å². The van der Waals surface area contributed by atoms with Crippen LogP contribution in [0.25, 0.3) is 32.1 Å². The van der Waals surface area contributed by atoms with E-state index in [1.54, 1.807) is 7.11 Å². The fourth-order valence-electron chi connectivity index (χ4n) is 3.82. The van der Waals surface area contributed by atoms with Crippen LogP contribution in [-0.4, -0.2) is 18.6 Å². The Balaban J connectivity index is 0.00000240. The maximum atomic E-state index is 12.6. The van der Waals surface area contributed by atoms with E-state index in [1.165, 1.54) is 16.9 Å². The second-order valence-corrected chi connectivity index (χ2v) is 8.59. The number of hydrogen-bond acceptors (Lipinski definition) is 4. The number of nitrogens with two attached hydrogens (primary N) is 1. The Hall–Kier alpha value is -2.34. The summed E-state index contributed by atoms with van der Waals surface area (Å²) in [6.07, 6.45) is 0. The summed E-state index contributed by atoms with van der Waals surface area (Å²) < 4.78 is 6.52. The van der Waals surface area contributed by atoms with E-state index in [-0.39, 0.29) is 18.0 Å². The number of pyridine rings is 1. The number of thiophene rings is 1. The molecule has 0 amide bonds. The smallest absolute Gasteiger partial charge is 0.266 e. The van der Waals surface area contributed by atoms with Crippen LogP contribution in [0.15, 0.2) is 41.2 Å². The number of methoxy groups -OCH3 is 1. The summed E-state index contributed by atoms with van der Waals surface area (Å²) in [6.45, 7) is 6.78. The number of halogens is 1. The Kier molecular flexibility index (Phi) is 6.03. The SMILES string of the molecule is COc1cc(C)c2[nH]c(=O)c3sc(C)cc3c2c1-c1ccc(C(C)CN)cc1.Cl. The molecule has 0 spiro atoms. The minimum Gasteiger partial charge on any atom is -0.496 e. The van der Waals surface area contributed by atoms with E-state index in [2.05, 4.69) is 42.2 Å². The largest absolute Gasteiger partial charge is 0.496 e. The normalized spacial score (nSPS) is 12.2. The Morgan fingerprint density at radius 2 is 1.86 bits per heavy atom. The quantitative estimate of drug-likeness (QED) is 0.449. The van der Waals surface area contributed by atoms with Gasteiger partial charge in [-0.3, -0.25) is 4.79 Å². The number of benzene rings is 2. The van der Waals surface area contributed by atoms with Gasteiger partial charge in [0.05, 0.1) is 12.6 Å². The molecule has 0 saturated heterocycles. The second kappa shape index (κ2) is 8.19. The lowest BCUT2D eigenvalue weighted by atomic mass is 9.93. The molecule has 0 aliphatic rings. The van der Waals surface area contributed by atoms with E-state index < -0.39 is 0 Å². The van der Waals surface area contributed by atoms with Gasteiger partial charge in [0.15, 0.2) is 0 Å². The van der Waals surface area contributed by atoms with Gasteiger partial charge in [0, 0.05) is 21.2 Å². The molecule has 4 rings (SSSR count). The summed E-state index contributed by atoms with van der Waals surface area (Å²) in [7, 11) is 1.69. The van der Waals surface area contributed by atoms with Crippen LogP contribution in [0.5, 0.6) is 5.75 Å². The third kappa shape index (κ3) is 3.54. The molecular formula is C23H25ClN2O2S. The van der Waals surface area contributed by atoms with Crippen LogP contribution < -0.4 is 16.0 Å². The molecule has 0 aliphatic heterocycles. The lowest BCUT2D eigenvalue weighted by Crippen LogP contribution is -2.08. The van der Waals surface area contributed by atoms with Crippen LogP contribution in [-0.2, 0) is 0 Å². The molecule has 1 unspecified atom stereocenters. The predicted molar refractivity (Wildman–Crippen MR) is 126 cm³/mol. The van der Waals surface area contributed by atoms with Crippen molar-refractivity contribution in [2.24, 2.45) is 5.73 Å². The average Bonchev–Trinajstić information content (AvgIpc) is 3.10. The fraction of sp³-hybridized carbons (Fsp3) is 0.261. The van der Waals surface area contributed by atoms with Crippen molar-refractivity contribution in [3.63, 3.8) is 0 Å². The molecule has 0 radical (unpaired) electrons. The molecule has 2 aromatic heterocycles. The van der Waals surface area contributed by atoms with Gasteiger partial charge in [-0.25, -0.2) is 0 Å². The minimum atomic E-state index is -0.0352. The van der Waals surface area contributed by atoms with Crippen molar-refractivity contribution in [1.29, 1.82) is 0 Å². The van der Waals surface area contributed by atoms with E-state index in [4.69, 9.17) is 10.5 Å². The highest BCUT2D eigenvalue weighted by Crippen LogP contribution is 2.42. The number of aromatic nitrogens is 1. The fourth-order valence-corrected chi connectivity index (χ4v) is 4.73. The molecule has 2 aromatic carbocycles. The summed E-state index contributed by atoms with van der Waals surface area (Å²) in [5.74, 6) is 1.12. The number of hydrogen-bond donors (Lipinski definition) is 2. The van der Waals surface area contributed by atoms with E-state index in [0.717, 1.165) is 48.3 Å². The molecule has 29 heavy (non-hydrogen) atoms. The Bertz CT molecular complexity index is 1240. The Morgan fingerprint density at radius 1 is 1.17 bits per heavy atom. The van der Waals surface area contributed by atoms with Gasteiger partial charge < -0.3 is 15.5 Å². The van der Waals surface area contributed by atoms with Gasteiger partial charge in [0.2, 0.25) is 0 Å². The topological polar surface area (TPSA) is 68.1 Å². The molecule has 2 heterocycles. The number of rotatable bonds is 4. The molecule has 152 valence electrons. The highest BCUT2D eigenvalue weighted by atomic mass is 35.5. The van der Waals surface area contributed by atoms with Gasteiger partial charge >= 0.3 is 0 Å². The standard InChI is InChI=1S/C23H24N2O2S.ClH/c1-12-9-18(27-4)19(16-7-5-15(6-8-16)13(2)11-24)20-17-10-14(3)28-22(17)23(26)25-21(12)20;/h5-10,13H,11,24H2,1-4H3,(H,25,26);1H. The van der Waals surface area contributed by atoms with Gasteiger partial charge in [0.1, 0.15) is 10.4 Å². The average molecular weight is 429 g/mol. The first kappa shape index (κ1) is 21.4. The van der Waals surface area contributed by atoms with Crippen LogP contribution in [0, 0.1) is 13.8 Å². The van der Waals surface area contributed by atoms with Crippen molar-refractivity contribution in [3.8, 4) is 16.9 Å². The van der Waals surface area contributed by atoms with E-state index >= 15 is 0 Å². The third-order valence-electron chi connectivity index (χ3n) is 5.40. The highest BCUT2D eigenvalue weighted by Gasteiger charge is 2.19. The molecule has 6 heteroatoms. The van der Waals surface area contributed by atoms with E-state index in [0.29, 0.717) is 12.5 Å². The number of H-pyrrole nitrogens is 1. The van der Waals surface area contributed by atoms with Gasteiger partial charge in [-0.15, -0.1) is 23.7 Å². The molecule has 0 fully saturated rings. The van der Waals surface area contributed by atoms with Gasteiger partial charge in [0.25, 0.3) is 5.56 Å². The van der Waals surface area contributed by atoms with Crippen LogP contribution in [0.3, 0.4) is 0 Å². The number of nitrogens with one attached hydrogen (secondary N) is 1. The number of ether oxygens (including phenoxy) is 1. The maximum absolute atomic E-state index is 12.6. The van der Waals surface area contributed by atoms with Crippen molar-refractivity contribution in [2.45, 2.75) is 26.7 Å². The zero-order valence-corrected chi connectivity index (χ0v) is 18.6. The second-order valence-electron chi connectivity index (χ2n) is 7.33. The summed E-state index contributed by atoms with van der Waals surface area (Å²) >= 11 is 1.53. The number of fused-ring (bicyclic) bond motifs is 3. The van der Waals surface area contributed by atoms with Gasteiger partial charge in [-0.1, -0.05) is 31.2 Å². The lowest BCUT2D eigenvalue weighted by molar-refractivity contribution is 0.416. The Labute approximate surface area is 180 Å². The first-order valence-electron chi connectivity index (χ1n) is 9.38. The molecule has 0 saturated carbocycles. The summed E-state index contributed by atoms with van der Waals surface area (Å²) in [4.78, 5) is 16.8. The molecule has 1 atom stereocenters. The van der Waals surface area contributed by atoms with Crippen LogP contribution in [0.1, 0.15) is 28.8 Å². The first-order valence-corrected chi connectivity index (χ1v) is 10.2. The number of aryl methyl sites for hydroxylation is 2. The zero-order chi connectivity index (χ0) is 20.0. The van der Waals surface area contributed by atoms with Crippen molar-refractivity contribution in [3.05, 3.63) is 62.8 Å². The third-order valence-corrected chi connectivity index (χ3v) is 6.45. The predicted octanol–water partition coefficient (Wildman–Crippen LogP) is 5.52. The van der Waals surface area contributed by atoms with Crippen molar-refractivity contribution in [2.75, 3.05) is 13.7 Å². The molecule has 3 N–H and O–H groups in total. The molecule has 0 bridgehead atoms. The van der Waals surface area contributed by atoms with Crippen molar-refractivity contribution >= 4 is 44.7 Å². The van der Waals surface area contributed by atoms with Crippen LogP contribution in [0.4, 0.5) is 0 Å². The first-order chi connectivity index (χ1) is 13.4. The lowest BCUT2D eigenvalue weighted by Gasteiger charge is -2.16. The van der Waals surface area contributed by atoms with Crippen molar-refractivity contribution < 1.29 is 4.74 Å². The monoisotopic (exact) mass is 428 g/mol. The molecule has 4 aromatic rings. The summed E-state index contributed by atoms with van der Waals surface area (Å²) in [5.41, 5.74) is 10.9.